The summed E-state index contributed by atoms with van der Waals surface area (Å²) in [7, 11) is 0. The van der Waals surface area contributed by atoms with Gasteiger partial charge in [-0.25, -0.2) is 0 Å². The third kappa shape index (κ3) is 4.68. The summed E-state index contributed by atoms with van der Waals surface area (Å²) in [6.45, 7) is 5.27. The Balaban J connectivity index is 1.63. The Kier molecular flexibility index (Phi) is 5.95. The molecule has 0 radical (unpaired) electrons. The second kappa shape index (κ2) is 7.73. The molecule has 3 nitrogen and oxygen atoms in total. The van der Waals surface area contributed by atoms with Crippen LogP contribution < -0.4 is 5.32 Å². The third-order valence-corrected chi connectivity index (χ3v) is 4.03. The van der Waals surface area contributed by atoms with Gasteiger partial charge in [0.1, 0.15) is 5.75 Å². The predicted molar refractivity (Wildman–Crippen MR) is 79.7 cm³/mol. The molecule has 19 heavy (non-hydrogen) atoms. The first-order valence-electron chi connectivity index (χ1n) is 7.17. The van der Waals surface area contributed by atoms with Crippen LogP contribution in [-0.4, -0.2) is 36.2 Å². The molecule has 4 heteroatoms. The topological polar surface area (TPSA) is 35.5 Å². The zero-order valence-electron chi connectivity index (χ0n) is 11.4. The molecule has 2 rings (SSSR count). The van der Waals surface area contributed by atoms with Gasteiger partial charge in [0.15, 0.2) is 0 Å². The molecule has 0 spiro atoms. The number of hydrogen-bond acceptors (Lipinski definition) is 3. The van der Waals surface area contributed by atoms with E-state index < -0.39 is 0 Å². The predicted octanol–water partition coefficient (Wildman–Crippen LogP) is 3.01. The number of phenolic OH excluding ortho intramolecular Hbond substituents is 1. The van der Waals surface area contributed by atoms with Crippen molar-refractivity contribution in [1.29, 1.82) is 0 Å². The molecular formula is C15H23ClN2O. The Labute approximate surface area is 120 Å². The van der Waals surface area contributed by atoms with Crippen molar-refractivity contribution in [2.24, 2.45) is 0 Å². The highest BCUT2D eigenvalue weighted by Crippen LogP contribution is 2.24. The first-order chi connectivity index (χ1) is 9.27. The summed E-state index contributed by atoms with van der Waals surface area (Å²) in [5.74, 6) is 0.274. The zero-order chi connectivity index (χ0) is 13.5. The van der Waals surface area contributed by atoms with E-state index in [2.05, 4.69) is 10.2 Å². The molecule has 106 valence electrons. The van der Waals surface area contributed by atoms with Gasteiger partial charge in [0, 0.05) is 17.1 Å². The van der Waals surface area contributed by atoms with Crippen molar-refractivity contribution in [2.75, 3.05) is 26.2 Å². The zero-order valence-corrected chi connectivity index (χ0v) is 12.1. The largest absolute Gasteiger partial charge is 0.508 e. The summed E-state index contributed by atoms with van der Waals surface area (Å²) in [5.41, 5.74) is 0.794. The second-order valence-electron chi connectivity index (χ2n) is 5.17. The van der Waals surface area contributed by atoms with Crippen LogP contribution in [0.4, 0.5) is 0 Å². The van der Waals surface area contributed by atoms with Crippen molar-refractivity contribution in [2.45, 2.75) is 32.2 Å². The van der Waals surface area contributed by atoms with E-state index in [0.717, 1.165) is 18.5 Å². The molecule has 1 saturated heterocycles. The molecule has 0 aliphatic carbocycles. The number of halogens is 1. The Hall–Kier alpha value is -0.770. The van der Waals surface area contributed by atoms with E-state index in [1.807, 2.05) is 6.07 Å². The van der Waals surface area contributed by atoms with E-state index in [0.29, 0.717) is 11.6 Å². The van der Waals surface area contributed by atoms with E-state index in [4.69, 9.17) is 11.6 Å². The lowest BCUT2D eigenvalue weighted by Crippen LogP contribution is -2.32. The molecule has 0 atom stereocenters. The van der Waals surface area contributed by atoms with Gasteiger partial charge >= 0.3 is 0 Å². The highest BCUT2D eigenvalue weighted by molar-refractivity contribution is 6.31. The van der Waals surface area contributed by atoms with E-state index >= 15 is 0 Å². The summed E-state index contributed by atoms with van der Waals surface area (Å²) in [4.78, 5) is 2.54. The first-order valence-corrected chi connectivity index (χ1v) is 7.54. The van der Waals surface area contributed by atoms with Crippen molar-refractivity contribution in [1.82, 2.24) is 10.2 Å². The fraction of sp³-hybridized carbons (Fsp3) is 0.600. The highest BCUT2D eigenvalue weighted by Gasteiger charge is 2.09. The molecule has 0 amide bonds. The van der Waals surface area contributed by atoms with E-state index in [9.17, 15) is 5.11 Å². The number of benzene rings is 1. The maximum atomic E-state index is 9.72. The Morgan fingerprint density at radius 1 is 1.21 bits per heavy atom. The fourth-order valence-corrected chi connectivity index (χ4v) is 2.78. The van der Waals surface area contributed by atoms with Gasteiger partial charge in [-0.15, -0.1) is 0 Å². The van der Waals surface area contributed by atoms with Crippen LogP contribution in [0.2, 0.25) is 5.02 Å². The molecule has 0 aromatic heterocycles. The van der Waals surface area contributed by atoms with Gasteiger partial charge in [-0.3, -0.25) is 0 Å². The summed E-state index contributed by atoms with van der Waals surface area (Å²) < 4.78 is 0. The van der Waals surface area contributed by atoms with E-state index in [1.165, 1.54) is 38.9 Å². The molecule has 1 aromatic rings. The molecule has 1 aliphatic rings. The number of nitrogens with one attached hydrogen (secondary N) is 1. The normalized spacial score (nSPS) is 16.7. The van der Waals surface area contributed by atoms with E-state index in [1.54, 1.807) is 12.1 Å². The minimum atomic E-state index is 0.274. The first kappa shape index (κ1) is 14.6. The van der Waals surface area contributed by atoms with Crippen LogP contribution in [0.1, 0.15) is 31.2 Å². The molecule has 2 N–H and O–H groups in total. The molecular weight excluding hydrogens is 260 g/mol. The molecule has 1 aromatic carbocycles. The molecule has 0 unspecified atom stereocenters. The van der Waals surface area contributed by atoms with Crippen LogP contribution in [0, 0.1) is 0 Å². The van der Waals surface area contributed by atoms with Gasteiger partial charge in [0.05, 0.1) is 0 Å². The number of nitrogens with zero attached hydrogens (tertiary/aromatic N) is 1. The van der Waals surface area contributed by atoms with Crippen LogP contribution in [0.25, 0.3) is 0 Å². The number of phenols is 1. The monoisotopic (exact) mass is 282 g/mol. The van der Waals surface area contributed by atoms with Gasteiger partial charge in [-0.1, -0.05) is 24.1 Å². The molecule has 1 aliphatic heterocycles. The Morgan fingerprint density at radius 3 is 2.74 bits per heavy atom. The van der Waals surface area contributed by atoms with Gasteiger partial charge in [-0.2, -0.15) is 0 Å². The average Bonchev–Trinajstić information content (AvgIpc) is 2.42. The SMILES string of the molecule is Oc1cccc(Cl)c1CNCCCN1CCCCC1. The number of piperidine rings is 1. The van der Waals surface area contributed by atoms with Crippen molar-refractivity contribution < 1.29 is 5.11 Å². The van der Waals surface area contributed by atoms with Crippen LogP contribution in [0.5, 0.6) is 5.75 Å². The Morgan fingerprint density at radius 2 is 2.00 bits per heavy atom. The summed E-state index contributed by atoms with van der Waals surface area (Å²) in [6, 6.07) is 5.25. The lowest BCUT2D eigenvalue weighted by molar-refractivity contribution is 0.225. The molecule has 1 fully saturated rings. The summed E-state index contributed by atoms with van der Waals surface area (Å²) >= 11 is 6.06. The van der Waals surface area contributed by atoms with Crippen molar-refractivity contribution >= 4 is 11.6 Å². The van der Waals surface area contributed by atoms with Crippen LogP contribution in [0.15, 0.2) is 18.2 Å². The maximum Gasteiger partial charge on any atom is 0.121 e. The fourth-order valence-electron chi connectivity index (χ4n) is 2.55. The van der Waals surface area contributed by atoms with Crippen molar-refractivity contribution in [3.05, 3.63) is 28.8 Å². The quantitative estimate of drug-likeness (QED) is 0.788. The minimum absolute atomic E-state index is 0.274. The van der Waals surface area contributed by atoms with Gasteiger partial charge < -0.3 is 15.3 Å². The highest BCUT2D eigenvalue weighted by atomic mass is 35.5. The smallest absolute Gasteiger partial charge is 0.121 e. The lowest BCUT2D eigenvalue weighted by atomic mass is 10.1. The average molecular weight is 283 g/mol. The number of rotatable bonds is 6. The van der Waals surface area contributed by atoms with Gasteiger partial charge in [0.25, 0.3) is 0 Å². The lowest BCUT2D eigenvalue weighted by Gasteiger charge is -2.26. The summed E-state index contributed by atoms with van der Waals surface area (Å²) in [6.07, 6.45) is 5.23. The Bertz CT molecular complexity index is 371. The minimum Gasteiger partial charge on any atom is -0.508 e. The summed E-state index contributed by atoms with van der Waals surface area (Å²) in [5, 5.41) is 13.7. The molecule has 1 heterocycles. The van der Waals surface area contributed by atoms with Crippen LogP contribution in [-0.2, 0) is 6.54 Å². The van der Waals surface area contributed by atoms with Gasteiger partial charge in [-0.05, 0) is 57.6 Å². The van der Waals surface area contributed by atoms with Crippen molar-refractivity contribution in [3.63, 3.8) is 0 Å². The van der Waals surface area contributed by atoms with Gasteiger partial charge in [0.2, 0.25) is 0 Å². The second-order valence-corrected chi connectivity index (χ2v) is 5.58. The molecule has 0 saturated carbocycles. The van der Waals surface area contributed by atoms with Crippen molar-refractivity contribution in [3.8, 4) is 5.75 Å². The molecule has 0 bridgehead atoms. The standard InChI is InChI=1S/C15H23ClN2O/c16-14-6-4-7-15(19)13(14)12-17-8-5-11-18-9-2-1-3-10-18/h4,6-7,17,19H,1-3,5,8-12H2. The number of aromatic hydroxyl groups is 1. The van der Waals surface area contributed by atoms with E-state index in [-0.39, 0.29) is 5.75 Å². The van der Waals surface area contributed by atoms with Crippen LogP contribution >= 0.6 is 11.6 Å². The number of hydrogen-bond donors (Lipinski definition) is 2. The third-order valence-electron chi connectivity index (χ3n) is 3.67. The van der Waals surface area contributed by atoms with Crippen LogP contribution in [0.3, 0.4) is 0 Å². The number of likely N-dealkylation sites (tertiary alicyclic amines) is 1. The maximum absolute atomic E-state index is 9.72.